The third kappa shape index (κ3) is 5.04. The molecule has 12 heteroatoms. The van der Waals surface area contributed by atoms with Gasteiger partial charge in [-0.25, -0.2) is 10.1 Å². The lowest BCUT2D eigenvalue weighted by molar-refractivity contribution is 0.0949. The van der Waals surface area contributed by atoms with Crippen LogP contribution >= 0.6 is 23.4 Å². The molecule has 0 radical (unpaired) electrons. The van der Waals surface area contributed by atoms with Crippen molar-refractivity contribution in [2.24, 2.45) is 5.10 Å². The first-order chi connectivity index (χ1) is 15.9. The molecule has 0 spiro atoms. The molecular formula is C21H19ClN8O2S. The van der Waals surface area contributed by atoms with Gasteiger partial charge in [-0.15, -0.1) is 16.9 Å². The minimum Gasteiger partial charge on any atom is -0.378 e. The van der Waals surface area contributed by atoms with Crippen molar-refractivity contribution in [1.29, 1.82) is 0 Å². The highest BCUT2D eigenvalue weighted by atomic mass is 35.5. The molecule has 10 nitrogen and oxygen atoms in total. The van der Waals surface area contributed by atoms with Crippen LogP contribution in [-0.4, -0.2) is 36.9 Å². The number of aryl methyl sites for hydroxylation is 1. The highest BCUT2D eigenvalue weighted by Crippen LogP contribution is 2.26. The van der Waals surface area contributed by atoms with Gasteiger partial charge in [0.25, 0.3) is 5.91 Å². The van der Waals surface area contributed by atoms with Crippen LogP contribution in [0.3, 0.4) is 0 Å². The van der Waals surface area contributed by atoms with E-state index in [1.54, 1.807) is 13.0 Å². The van der Waals surface area contributed by atoms with Crippen molar-refractivity contribution in [3.8, 4) is 5.82 Å². The molecule has 1 amide bonds. The van der Waals surface area contributed by atoms with E-state index in [1.165, 1.54) is 16.4 Å². The average Bonchev–Trinajstić information content (AvgIpc) is 3.42. The van der Waals surface area contributed by atoms with Gasteiger partial charge in [-0.2, -0.15) is 9.78 Å². The number of halogens is 1. The molecule has 0 bridgehead atoms. The number of benzene rings is 2. The van der Waals surface area contributed by atoms with Crippen molar-refractivity contribution < 1.29 is 9.42 Å². The minimum absolute atomic E-state index is 0.0287. The number of carbonyl (C=O) groups is 1. The summed E-state index contributed by atoms with van der Waals surface area (Å²) in [6, 6.07) is 15.2. The molecule has 2 aromatic heterocycles. The Morgan fingerprint density at radius 3 is 2.67 bits per heavy atom. The number of thioether (sulfide) groups is 1. The van der Waals surface area contributed by atoms with Gasteiger partial charge in [0.1, 0.15) is 0 Å². The number of amides is 1. The number of nitrogens with two attached hydrogens (primary N) is 1. The van der Waals surface area contributed by atoms with Crippen molar-refractivity contribution in [3.63, 3.8) is 0 Å². The molecule has 33 heavy (non-hydrogen) atoms. The van der Waals surface area contributed by atoms with E-state index in [1.807, 2.05) is 49.4 Å². The first kappa shape index (κ1) is 22.5. The Labute approximate surface area is 198 Å². The van der Waals surface area contributed by atoms with Gasteiger partial charge in [0.15, 0.2) is 5.69 Å². The Kier molecular flexibility index (Phi) is 6.71. The molecule has 168 valence electrons. The highest BCUT2D eigenvalue weighted by Gasteiger charge is 2.24. The molecule has 0 atom stereocenters. The number of carbonyl (C=O) groups excluding carboxylic acids is 1. The predicted molar refractivity (Wildman–Crippen MR) is 125 cm³/mol. The lowest BCUT2D eigenvalue weighted by atomic mass is 10.1. The summed E-state index contributed by atoms with van der Waals surface area (Å²) in [5, 5.41) is 20.1. The summed E-state index contributed by atoms with van der Waals surface area (Å²) in [6.45, 7) is 3.76. The standard InChI is InChI=1S/C21H19ClN8O2S/c1-12-7-9-14(10-8-12)33-11-17-18(25-29-30(17)20-19(23)27-32-28-20)21(31)26-24-13(2)15-5-3-4-6-16(15)22/h3-10H,11H2,1-2H3,(H2,23,27)(H,26,31). The Hall–Kier alpha value is -3.70. The van der Waals surface area contributed by atoms with Crippen LogP contribution in [0.1, 0.15) is 34.2 Å². The van der Waals surface area contributed by atoms with Gasteiger partial charge < -0.3 is 5.73 Å². The zero-order valence-corrected chi connectivity index (χ0v) is 19.3. The molecular weight excluding hydrogens is 464 g/mol. The molecule has 0 aliphatic carbocycles. The molecule has 0 unspecified atom stereocenters. The summed E-state index contributed by atoms with van der Waals surface area (Å²) in [6.07, 6.45) is 0. The average molecular weight is 483 g/mol. The second kappa shape index (κ2) is 9.84. The normalized spacial score (nSPS) is 11.5. The molecule has 0 fully saturated rings. The third-order valence-electron chi connectivity index (χ3n) is 4.66. The largest absolute Gasteiger partial charge is 0.378 e. The van der Waals surface area contributed by atoms with E-state index >= 15 is 0 Å². The second-order valence-corrected chi connectivity index (χ2v) is 8.45. The molecule has 4 aromatic rings. The number of nitrogens with one attached hydrogen (secondary N) is 1. The minimum atomic E-state index is -0.540. The van der Waals surface area contributed by atoms with Crippen LogP contribution < -0.4 is 11.2 Å². The maximum atomic E-state index is 12.9. The number of rotatable bonds is 7. The summed E-state index contributed by atoms with van der Waals surface area (Å²) in [4.78, 5) is 14.0. The predicted octanol–water partition coefficient (Wildman–Crippen LogP) is 3.64. The lowest BCUT2D eigenvalue weighted by Crippen LogP contribution is -2.21. The fraction of sp³-hybridized carbons (Fsp3) is 0.143. The van der Waals surface area contributed by atoms with Gasteiger partial charge in [-0.05, 0) is 42.4 Å². The van der Waals surface area contributed by atoms with Gasteiger partial charge in [0.2, 0.25) is 11.6 Å². The van der Waals surface area contributed by atoms with E-state index in [4.69, 9.17) is 17.3 Å². The van der Waals surface area contributed by atoms with Crippen LogP contribution in [0.2, 0.25) is 5.02 Å². The second-order valence-electron chi connectivity index (χ2n) is 6.99. The smallest absolute Gasteiger partial charge is 0.293 e. The van der Waals surface area contributed by atoms with Crippen molar-refractivity contribution in [2.75, 3.05) is 5.73 Å². The fourth-order valence-corrected chi connectivity index (χ4v) is 4.07. The van der Waals surface area contributed by atoms with Gasteiger partial charge in [-0.1, -0.05) is 52.7 Å². The van der Waals surface area contributed by atoms with E-state index < -0.39 is 5.91 Å². The van der Waals surface area contributed by atoms with E-state index in [0.29, 0.717) is 27.7 Å². The topological polar surface area (TPSA) is 137 Å². The summed E-state index contributed by atoms with van der Waals surface area (Å²) >= 11 is 7.71. The van der Waals surface area contributed by atoms with E-state index in [0.717, 1.165) is 10.5 Å². The molecule has 3 N–H and O–H groups in total. The quantitative estimate of drug-likeness (QED) is 0.231. The maximum absolute atomic E-state index is 12.9. The number of anilines is 1. The van der Waals surface area contributed by atoms with Gasteiger partial charge in [0.05, 0.1) is 11.4 Å². The maximum Gasteiger partial charge on any atom is 0.293 e. The van der Waals surface area contributed by atoms with Crippen LogP contribution in [0.5, 0.6) is 0 Å². The van der Waals surface area contributed by atoms with E-state index in [-0.39, 0.29) is 17.3 Å². The first-order valence-electron chi connectivity index (χ1n) is 9.76. The van der Waals surface area contributed by atoms with Crippen molar-refractivity contribution >= 4 is 40.8 Å². The summed E-state index contributed by atoms with van der Waals surface area (Å²) in [5.41, 5.74) is 11.3. The molecule has 4 rings (SSSR count). The van der Waals surface area contributed by atoms with Crippen molar-refractivity contribution in [2.45, 2.75) is 24.5 Å². The molecule has 0 saturated heterocycles. The monoisotopic (exact) mass is 482 g/mol. The lowest BCUT2D eigenvalue weighted by Gasteiger charge is -2.07. The highest BCUT2D eigenvalue weighted by molar-refractivity contribution is 7.98. The Morgan fingerprint density at radius 2 is 1.97 bits per heavy atom. The van der Waals surface area contributed by atoms with Crippen LogP contribution in [0.15, 0.2) is 63.2 Å². The Morgan fingerprint density at radius 1 is 1.21 bits per heavy atom. The summed E-state index contributed by atoms with van der Waals surface area (Å²) in [7, 11) is 0. The molecule has 0 aliphatic heterocycles. The van der Waals surface area contributed by atoms with Crippen LogP contribution in [0.25, 0.3) is 5.82 Å². The molecule has 2 heterocycles. The van der Waals surface area contributed by atoms with E-state index in [2.05, 4.69) is 35.8 Å². The van der Waals surface area contributed by atoms with Gasteiger partial charge in [0, 0.05) is 21.2 Å². The zero-order chi connectivity index (χ0) is 23.4. The Bertz CT molecular complexity index is 1320. The van der Waals surface area contributed by atoms with Crippen LogP contribution in [0, 0.1) is 6.92 Å². The molecule has 2 aromatic carbocycles. The number of nitrogen functional groups attached to an aromatic ring is 1. The number of hydrogen-bond donors (Lipinski definition) is 2. The number of hydrogen-bond acceptors (Lipinski definition) is 9. The number of nitrogens with zero attached hydrogens (tertiary/aromatic N) is 6. The third-order valence-corrected chi connectivity index (χ3v) is 6.01. The molecule has 0 saturated carbocycles. The first-order valence-corrected chi connectivity index (χ1v) is 11.1. The zero-order valence-electron chi connectivity index (χ0n) is 17.7. The van der Waals surface area contributed by atoms with Gasteiger partial charge >= 0.3 is 0 Å². The van der Waals surface area contributed by atoms with Crippen LogP contribution in [-0.2, 0) is 5.75 Å². The summed E-state index contributed by atoms with van der Waals surface area (Å²) in [5.74, 6) is -0.00164. The van der Waals surface area contributed by atoms with Gasteiger partial charge in [-0.3, -0.25) is 4.79 Å². The van der Waals surface area contributed by atoms with Crippen LogP contribution in [0.4, 0.5) is 5.82 Å². The van der Waals surface area contributed by atoms with Crippen molar-refractivity contribution in [1.82, 2.24) is 30.7 Å². The number of hydrazone groups is 1. The fourth-order valence-electron chi connectivity index (χ4n) is 2.90. The number of aromatic nitrogens is 5. The summed E-state index contributed by atoms with van der Waals surface area (Å²) < 4.78 is 6.02. The molecule has 0 aliphatic rings. The van der Waals surface area contributed by atoms with Crippen molar-refractivity contribution in [3.05, 3.63) is 76.1 Å². The Balaban J connectivity index is 1.61. The van der Waals surface area contributed by atoms with E-state index in [9.17, 15) is 4.79 Å². The SMILES string of the molecule is CC(=NNC(=O)c1nnn(-c2nonc2N)c1CSc1ccc(C)cc1)c1ccccc1Cl.